The maximum Gasteiger partial charge on any atom is 0.363 e. The minimum atomic E-state index is -0.564. The zero-order valence-electron chi connectivity index (χ0n) is 11.0. The van der Waals surface area contributed by atoms with Gasteiger partial charge in [-0.1, -0.05) is 59.1 Å². The molecule has 0 fully saturated rings. The minimum absolute atomic E-state index is 0.121. The third-order valence-corrected chi connectivity index (χ3v) is 4.16. The van der Waals surface area contributed by atoms with E-state index in [1.165, 1.54) is 0 Å². The molecule has 0 unspecified atom stereocenters. The molecular formula is C16H8Cl3NO2. The molecule has 0 aromatic heterocycles. The van der Waals surface area contributed by atoms with Gasteiger partial charge in [0.05, 0.1) is 15.6 Å². The number of hydrogen-bond donors (Lipinski definition) is 0. The number of ether oxygens (including phenoxy) is 1. The summed E-state index contributed by atoms with van der Waals surface area (Å²) in [4.78, 5) is 16.1. The maximum absolute atomic E-state index is 11.9. The van der Waals surface area contributed by atoms with Gasteiger partial charge in [0.25, 0.3) is 0 Å². The summed E-state index contributed by atoms with van der Waals surface area (Å²) in [6.45, 7) is 0. The summed E-state index contributed by atoms with van der Waals surface area (Å²) in [6, 6.07) is 12.2. The van der Waals surface area contributed by atoms with Gasteiger partial charge in [0, 0.05) is 5.02 Å². The largest absolute Gasteiger partial charge is 0.402 e. The molecule has 0 amide bonds. The van der Waals surface area contributed by atoms with Crippen LogP contribution in [-0.4, -0.2) is 11.9 Å². The van der Waals surface area contributed by atoms with Gasteiger partial charge in [-0.25, -0.2) is 9.79 Å². The van der Waals surface area contributed by atoms with Crippen LogP contribution < -0.4 is 0 Å². The molecule has 0 radical (unpaired) electrons. The maximum atomic E-state index is 11.9. The predicted molar refractivity (Wildman–Crippen MR) is 88.5 cm³/mol. The van der Waals surface area contributed by atoms with Gasteiger partial charge in [-0.05, 0) is 29.8 Å². The molecule has 2 aromatic carbocycles. The monoisotopic (exact) mass is 351 g/mol. The molecule has 1 aliphatic rings. The second-order valence-corrected chi connectivity index (χ2v) is 5.65. The van der Waals surface area contributed by atoms with Crippen LogP contribution in [0.1, 0.15) is 11.1 Å². The smallest absolute Gasteiger partial charge is 0.363 e. The highest BCUT2D eigenvalue weighted by Crippen LogP contribution is 2.29. The molecule has 0 N–H and O–H groups in total. The van der Waals surface area contributed by atoms with E-state index in [1.807, 2.05) is 6.07 Å². The minimum Gasteiger partial charge on any atom is -0.402 e. The van der Waals surface area contributed by atoms with Crippen LogP contribution in [0.2, 0.25) is 15.1 Å². The first kappa shape index (κ1) is 15.1. The highest BCUT2D eigenvalue weighted by atomic mass is 35.5. The summed E-state index contributed by atoms with van der Waals surface area (Å²) in [5.74, 6) is -0.443. The number of aliphatic imine (C=N–C) groups is 1. The Morgan fingerprint density at radius 2 is 1.68 bits per heavy atom. The molecule has 6 heteroatoms. The highest BCUT2D eigenvalue weighted by Gasteiger charge is 2.26. The van der Waals surface area contributed by atoms with Crippen LogP contribution in [0.4, 0.5) is 0 Å². The van der Waals surface area contributed by atoms with Crippen LogP contribution in [0, 0.1) is 0 Å². The number of carbonyl (C=O) groups is 1. The van der Waals surface area contributed by atoms with Gasteiger partial charge in [-0.2, -0.15) is 0 Å². The third-order valence-electron chi connectivity index (χ3n) is 3.00. The van der Waals surface area contributed by atoms with Crippen molar-refractivity contribution < 1.29 is 9.53 Å². The fraction of sp³-hybridized carbons (Fsp3) is 0. The molecule has 2 aromatic rings. The quantitative estimate of drug-likeness (QED) is 0.564. The summed E-state index contributed by atoms with van der Waals surface area (Å²) in [5.41, 5.74) is 1.29. The lowest BCUT2D eigenvalue weighted by Gasteiger charge is -2.03. The Kier molecular flexibility index (Phi) is 4.21. The van der Waals surface area contributed by atoms with E-state index in [0.717, 1.165) is 0 Å². The lowest BCUT2D eigenvalue weighted by atomic mass is 10.2. The summed E-state index contributed by atoms with van der Waals surface area (Å²) in [5, 5.41) is 1.17. The number of benzene rings is 2. The van der Waals surface area contributed by atoms with Crippen LogP contribution in [-0.2, 0) is 9.53 Å². The molecule has 3 nitrogen and oxygen atoms in total. The average molecular weight is 353 g/mol. The van der Waals surface area contributed by atoms with Crippen molar-refractivity contribution in [3.05, 3.63) is 74.4 Å². The lowest BCUT2D eigenvalue weighted by molar-refractivity contribution is -0.129. The van der Waals surface area contributed by atoms with E-state index in [9.17, 15) is 4.79 Å². The van der Waals surface area contributed by atoms with Crippen LogP contribution >= 0.6 is 34.8 Å². The standard InChI is InChI=1S/C16H8Cl3NO2/c17-11-6-2-1-4-9(11)8-13-16(21)22-15(20-13)10-5-3-7-12(18)14(10)19/h1-8H. The van der Waals surface area contributed by atoms with Gasteiger partial charge in [-0.15, -0.1) is 0 Å². The van der Waals surface area contributed by atoms with E-state index in [1.54, 1.807) is 42.5 Å². The van der Waals surface area contributed by atoms with Crippen molar-refractivity contribution in [1.82, 2.24) is 0 Å². The van der Waals surface area contributed by atoms with E-state index in [2.05, 4.69) is 4.99 Å². The first-order valence-corrected chi connectivity index (χ1v) is 7.41. The molecule has 3 rings (SSSR count). The topological polar surface area (TPSA) is 38.7 Å². The van der Waals surface area contributed by atoms with Gasteiger partial charge in [0.1, 0.15) is 0 Å². The fourth-order valence-corrected chi connectivity index (χ4v) is 2.50. The van der Waals surface area contributed by atoms with E-state index in [0.29, 0.717) is 21.2 Å². The van der Waals surface area contributed by atoms with Crippen LogP contribution in [0.25, 0.3) is 6.08 Å². The van der Waals surface area contributed by atoms with Gasteiger partial charge < -0.3 is 4.74 Å². The second-order valence-electron chi connectivity index (χ2n) is 4.46. The Balaban J connectivity index is 2.02. The number of esters is 1. The number of nitrogens with zero attached hydrogens (tertiary/aromatic N) is 1. The van der Waals surface area contributed by atoms with Crippen molar-refractivity contribution in [3.63, 3.8) is 0 Å². The second kappa shape index (κ2) is 6.13. The van der Waals surface area contributed by atoms with Crippen molar-refractivity contribution in [2.24, 2.45) is 4.99 Å². The van der Waals surface area contributed by atoms with Crippen LogP contribution in [0.15, 0.2) is 53.2 Å². The molecule has 110 valence electrons. The molecule has 1 aliphatic heterocycles. The van der Waals surface area contributed by atoms with Crippen molar-refractivity contribution in [2.45, 2.75) is 0 Å². The summed E-state index contributed by atoms with van der Waals surface area (Å²) < 4.78 is 5.16. The van der Waals surface area contributed by atoms with Gasteiger partial charge in [0.2, 0.25) is 5.90 Å². The van der Waals surface area contributed by atoms with E-state index in [4.69, 9.17) is 39.5 Å². The van der Waals surface area contributed by atoms with Crippen molar-refractivity contribution in [1.29, 1.82) is 0 Å². The first-order valence-electron chi connectivity index (χ1n) is 6.28. The molecule has 0 saturated heterocycles. The number of carbonyl (C=O) groups excluding carboxylic acids is 1. The Labute approximate surface area is 141 Å². The number of halogens is 3. The van der Waals surface area contributed by atoms with E-state index >= 15 is 0 Å². The molecule has 0 aliphatic carbocycles. The predicted octanol–water partition coefficient (Wildman–Crippen LogP) is 4.99. The normalized spacial score (nSPS) is 15.9. The number of rotatable bonds is 2. The molecule has 1 heterocycles. The van der Waals surface area contributed by atoms with Gasteiger partial charge >= 0.3 is 5.97 Å². The Hall–Kier alpha value is -1.81. The summed E-state index contributed by atoms with van der Waals surface area (Å²) >= 11 is 18.1. The molecule has 22 heavy (non-hydrogen) atoms. The number of hydrogen-bond acceptors (Lipinski definition) is 3. The summed E-state index contributed by atoms with van der Waals surface area (Å²) in [7, 11) is 0. The molecule has 0 atom stereocenters. The number of cyclic esters (lactones) is 1. The molecule has 0 bridgehead atoms. The molecule has 0 spiro atoms. The van der Waals surface area contributed by atoms with E-state index < -0.39 is 5.97 Å². The Morgan fingerprint density at radius 1 is 0.955 bits per heavy atom. The highest BCUT2D eigenvalue weighted by molar-refractivity contribution is 6.44. The van der Waals surface area contributed by atoms with Crippen molar-refractivity contribution >= 4 is 52.7 Å². The summed E-state index contributed by atoms with van der Waals surface area (Å²) in [6.07, 6.45) is 1.57. The Bertz CT molecular complexity index is 828. The lowest BCUT2D eigenvalue weighted by Crippen LogP contribution is -2.06. The van der Waals surface area contributed by atoms with Crippen LogP contribution in [0.5, 0.6) is 0 Å². The average Bonchev–Trinajstić information content (AvgIpc) is 2.85. The zero-order valence-corrected chi connectivity index (χ0v) is 13.3. The van der Waals surface area contributed by atoms with Crippen molar-refractivity contribution in [2.75, 3.05) is 0 Å². The van der Waals surface area contributed by atoms with Crippen molar-refractivity contribution in [3.8, 4) is 0 Å². The Morgan fingerprint density at radius 3 is 2.45 bits per heavy atom. The van der Waals surface area contributed by atoms with Crippen LogP contribution in [0.3, 0.4) is 0 Å². The van der Waals surface area contributed by atoms with Gasteiger partial charge in [-0.3, -0.25) is 0 Å². The zero-order chi connectivity index (χ0) is 15.7. The first-order chi connectivity index (χ1) is 10.6. The molecular weight excluding hydrogens is 345 g/mol. The third kappa shape index (κ3) is 2.88. The SMILES string of the molecule is O=C1OC(c2cccc(Cl)c2Cl)=NC1=Cc1ccccc1Cl. The van der Waals surface area contributed by atoms with Gasteiger partial charge in [0.15, 0.2) is 5.70 Å². The van der Waals surface area contributed by atoms with E-state index in [-0.39, 0.29) is 16.6 Å². The fourth-order valence-electron chi connectivity index (χ4n) is 1.93. The molecule has 0 saturated carbocycles.